The molecule has 3 aromatic carbocycles. The summed E-state index contributed by atoms with van der Waals surface area (Å²) in [5.74, 6) is 1.61. The molecule has 1 saturated heterocycles. The molecule has 0 radical (unpaired) electrons. The second-order valence-corrected chi connectivity index (χ2v) is 9.27. The van der Waals surface area contributed by atoms with Crippen molar-refractivity contribution in [1.29, 1.82) is 0 Å². The van der Waals surface area contributed by atoms with Gasteiger partial charge in [0.05, 0.1) is 16.8 Å². The molecule has 4 aromatic rings. The number of rotatable bonds is 4. The van der Waals surface area contributed by atoms with Crippen LogP contribution in [0.1, 0.15) is 15.9 Å². The van der Waals surface area contributed by atoms with Gasteiger partial charge in [-0.1, -0.05) is 48.0 Å². The maximum absolute atomic E-state index is 13.7. The van der Waals surface area contributed by atoms with E-state index in [0.29, 0.717) is 23.7 Å². The van der Waals surface area contributed by atoms with Gasteiger partial charge in [-0.05, 0) is 42.0 Å². The zero-order valence-corrected chi connectivity index (χ0v) is 19.9. The van der Waals surface area contributed by atoms with E-state index >= 15 is 0 Å². The SMILES string of the molecule is O=C(c1cc(-c2ccccc2)nc2ccc(Cl)cc12)N1CCN(Cc2ccc3c(c2)OCO3)CC1. The number of pyridine rings is 1. The minimum absolute atomic E-state index is 0.0135. The van der Waals surface area contributed by atoms with Gasteiger partial charge < -0.3 is 14.4 Å². The van der Waals surface area contributed by atoms with E-state index in [1.54, 1.807) is 0 Å². The zero-order chi connectivity index (χ0) is 23.8. The van der Waals surface area contributed by atoms with Crippen molar-refractivity contribution in [3.05, 3.63) is 88.9 Å². The molecule has 0 N–H and O–H groups in total. The first-order chi connectivity index (χ1) is 17.1. The highest BCUT2D eigenvalue weighted by Crippen LogP contribution is 2.33. The van der Waals surface area contributed by atoms with Crippen LogP contribution >= 0.6 is 11.6 Å². The van der Waals surface area contributed by atoms with Crippen LogP contribution in [0.25, 0.3) is 22.2 Å². The van der Waals surface area contributed by atoms with E-state index in [4.69, 9.17) is 26.1 Å². The van der Waals surface area contributed by atoms with Gasteiger partial charge in [-0.15, -0.1) is 0 Å². The predicted octanol–water partition coefficient (Wildman–Crippen LogP) is 5.24. The van der Waals surface area contributed by atoms with Crippen molar-refractivity contribution >= 4 is 28.4 Å². The minimum atomic E-state index is 0.0135. The van der Waals surface area contributed by atoms with Crippen LogP contribution in [0.5, 0.6) is 11.5 Å². The lowest BCUT2D eigenvalue weighted by molar-refractivity contribution is 0.0630. The van der Waals surface area contributed by atoms with E-state index in [1.807, 2.05) is 71.6 Å². The molecule has 0 spiro atoms. The zero-order valence-electron chi connectivity index (χ0n) is 19.1. The summed E-state index contributed by atoms with van der Waals surface area (Å²) in [6, 6.07) is 23.4. The van der Waals surface area contributed by atoms with E-state index in [1.165, 1.54) is 5.56 Å². The van der Waals surface area contributed by atoms with Gasteiger partial charge in [0, 0.05) is 48.7 Å². The van der Waals surface area contributed by atoms with E-state index < -0.39 is 0 Å². The lowest BCUT2D eigenvalue weighted by atomic mass is 10.0. The van der Waals surface area contributed by atoms with Gasteiger partial charge in [0.1, 0.15) is 0 Å². The van der Waals surface area contributed by atoms with Crippen molar-refractivity contribution in [3.63, 3.8) is 0 Å². The Balaban J connectivity index is 1.22. The number of carbonyl (C=O) groups excluding carboxylic acids is 1. The summed E-state index contributed by atoms with van der Waals surface area (Å²) in [6.07, 6.45) is 0. The van der Waals surface area contributed by atoms with Crippen LogP contribution in [0.15, 0.2) is 72.8 Å². The smallest absolute Gasteiger partial charge is 0.254 e. The number of halogens is 1. The first-order valence-corrected chi connectivity index (χ1v) is 12.1. The second-order valence-electron chi connectivity index (χ2n) is 8.84. The Bertz CT molecular complexity index is 1400. The van der Waals surface area contributed by atoms with E-state index in [2.05, 4.69) is 11.0 Å². The van der Waals surface area contributed by atoms with Gasteiger partial charge in [-0.25, -0.2) is 4.98 Å². The fourth-order valence-electron chi connectivity index (χ4n) is 4.71. The lowest BCUT2D eigenvalue weighted by Crippen LogP contribution is -2.48. The van der Waals surface area contributed by atoms with Gasteiger partial charge in [-0.3, -0.25) is 9.69 Å². The third-order valence-corrected chi connectivity index (χ3v) is 6.81. The molecule has 2 aliphatic heterocycles. The molecular weight excluding hydrogens is 462 g/mol. The summed E-state index contributed by atoms with van der Waals surface area (Å²) >= 11 is 6.29. The Morgan fingerprint density at radius 2 is 1.69 bits per heavy atom. The first-order valence-electron chi connectivity index (χ1n) is 11.7. The monoisotopic (exact) mass is 485 g/mol. The number of aromatic nitrogens is 1. The molecule has 35 heavy (non-hydrogen) atoms. The average Bonchev–Trinajstić information content (AvgIpc) is 3.37. The van der Waals surface area contributed by atoms with Gasteiger partial charge in [0.15, 0.2) is 11.5 Å². The number of benzene rings is 3. The van der Waals surface area contributed by atoms with Crippen molar-refractivity contribution in [2.24, 2.45) is 0 Å². The quantitative estimate of drug-likeness (QED) is 0.395. The van der Waals surface area contributed by atoms with Crippen molar-refractivity contribution < 1.29 is 14.3 Å². The highest BCUT2D eigenvalue weighted by atomic mass is 35.5. The molecular formula is C28H24ClN3O3. The number of hydrogen-bond donors (Lipinski definition) is 0. The second kappa shape index (κ2) is 9.21. The summed E-state index contributed by atoms with van der Waals surface area (Å²) in [5, 5.41) is 1.37. The predicted molar refractivity (Wildman–Crippen MR) is 136 cm³/mol. The Kier molecular flexibility index (Phi) is 5.76. The third-order valence-electron chi connectivity index (χ3n) is 6.57. The number of piperazine rings is 1. The number of nitrogens with zero attached hydrogens (tertiary/aromatic N) is 3. The van der Waals surface area contributed by atoms with Crippen molar-refractivity contribution in [2.75, 3.05) is 33.0 Å². The standard InChI is InChI=1S/C28H24ClN3O3/c29-21-7-8-24-22(15-21)23(16-25(30-24)20-4-2-1-3-5-20)28(33)32-12-10-31(11-13-32)17-19-6-9-26-27(14-19)35-18-34-26/h1-9,14-16H,10-13,17-18H2. The Morgan fingerprint density at radius 1 is 0.886 bits per heavy atom. The van der Waals surface area contributed by atoms with Crippen LogP contribution in [0.3, 0.4) is 0 Å². The largest absolute Gasteiger partial charge is 0.454 e. The summed E-state index contributed by atoms with van der Waals surface area (Å²) in [5.41, 5.74) is 4.34. The molecule has 6 rings (SSSR count). The van der Waals surface area contributed by atoms with Crippen LogP contribution in [0, 0.1) is 0 Å². The van der Waals surface area contributed by atoms with Gasteiger partial charge in [0.25, 0.3) is 5.91 Å². The van der Waals surface area contributed by atoms with Crippen molar-refractivity contribution in [2.45, 2.75) is 6.54 Å². The number of carbonyl (C=O) groups is 1. The van der Waals surface area contributed by atoms with Crippen LogP contribution < -0.4 is 9.47 Å². The molecule has 0 atom stereocenters. The number of fused-ring (bicyclic) bond motifs is 2. The molecule has 0 unspecified atom stereocenters. The number of ether oxygens (including phenoxy) is 2. The molecule has 6 nitrogen and oxygen atoms in total. The highest BCUT2D eigenvalue weighted by molar-refractivity contribution is 6.31. The summed E-state index contributed by atoms with van der Waals surface area (Å²) in [7, 11) is 0. The van der Waals surface area contributed by atoms with E-state index in [0.717, 1.165) is 53.3 Å². The Morgan fingerprint density at radius 3 is 2.51 bits per heavy atom. The fraction of sp³-hybridized carbons (Fsp3) is 0.214. The Labute approximate surface area is 208 Å². The summed E-state index contributed by atoms with van der Waals surface area (Å²) in [6.45, 7) is 4.01. The van der Waals surface area contributed by atoms with Crippen molar-refractivity contribution in [1.82, 2.24) is 14.8 Å². The molecule has 1 aromatic heterocycles. The molecule has 3 heterocycles. The normalized spacial score (nSPS) is 15.5. The van der Waals surface area contributed by atoms with E-state index in [-0.39, 0.29) is 12.7 Å². The van der Waals surface area contributed by atoms with Gasteiger partial charge >= 0.3 is 0 Å². The maximum Gasteiger partial charge on any atom is 0.254 e. The minimum Gasteiger partial charge on any atom is -0.454 e. The Hall–Kier alpha value is -3.61. The van der Waals surface area contributed by atoms with E-state index in [9.17, 15) is 4.79 Å². The van der Waals surface area contributed by atoms with Crippen LogP contribution in [-0.4, -0.2) is 53.7 Å². The molecule has 7 heteroatoms. The molecule has 2 aliphatic rings. The van der Waals surface area contributed by atoms with Gasteiger partial charge in [0.2, 0.25) is 6.79 Å². The first kappa shape index (κ1) is 21.9. The number of amides is 1. The molecule has 1 fully saturated rings. The molecule has 176 valence electrons. The van der Waals surface area contributed by atoms with Crippen LogP contribution in [-0.2, 0) is 6.54 Å². The highest BCUT2D eigenvalue weighted by Gasteiger charge is 2.25. The number of hydrogen-bond acceptors (Lipinski definition) is 5. The van der Waals surface area contributed by atoms with Crippen molar-refractivity contribution in [3.8, 4) is 22.8 Å². The maximum atomic E-state index is 13.7. The third kappa shape index (κ3) is 4.43. The summed E-state index contributed by atoms with van der Waals surface area (Å²) < 4.78 is 10.9. The molecule has 0 saturated carbocycles. The van der Waals surface area contributed by atoms with Crippen LogP contribution in [0.4, 0.5) is 0 Å². The lowest BCUT2D eigenvalue weighted by Gasteiger charge is -2.35. The van der Waals surface area contributed by atoms with Gasteiger partial charge in [-0.2, -0.15) is 0 Å². The van der Waals surface area contributed by atoms with Crippen LogP contribution in [0.2, 0.25) is 5.02 Å². The molecule has 0 aliphatic carbocycles. The average molecular weight is 486 g/mol. The fourth-order valence-corrected chi connectivity index (χ4v) is 4.88. The summed E-state index contributed by atoms with van der Waals surface area (Å²) in [4.78, 5) is 22.8. The molecule has 1 amide bonds. The molecule has 0 bridgehead atoms. The topological polar surface area (TPSA) is 54.9 Å².